The highest BCUT2D eigenvalue weighted by Gasteiger charge is 2.31. The Morgan fingerprint density at radius 2 is 1.96 bits per heavy atom. The van der Waals surface area contributed by atoms with Crippen molar-refractivity contribution >= 4 is 29.9 Å². The second-order valence-corrected chi connectivity index (χ2v) is 7.77. The molecule has 0 amide bonds. The van der Waals surface area contributed by atoms with Crippen molar-refractivity contribution in [3.63, 3.8) is 0 Å². The number of ether oxygens (including phenoxy) is 1. The van der Waals surface area contributed by atoms with Crippen molar-refractivity contribution in [2.75, 3.05) is 52.9 Å². The van der Waals surface area contributed by atoms with Crippen molar-refractivity contribution in [3.8, 4) is 0 Å². The van der Waals surface area contributed by atoms with E-state index in [4.69, 9.17) is 4.74 Å². The fourth-order valence-electron chi connectivity index (χ4n) is 4.43. The maximum atomic E-state index is 6.03. The van der Waals surface area contributed by atoms with E-state index in [1.165, 1.54) is 18.5 Å². The van der Waals surface area contributed by atoms with Crippen molar-refractivity contribution in [1.82, 2.24) is 15.1 Å². The van der Waals surface area contributed by atoms with Crippen LogP contribution in [0, 0.1) is 11.8 Å². The monoisotopic (exact) mass is 500 g/mol. The zero-order chi connectivity index (χ0) is 19.1. The minimum Gasteiger partial charge on any atom is -0.373 e. The summed E-state index contributed by atoms with van der Waals surface area (Å²) in [6.07, 6.45) is 2.57. The molecule has 3 atom stereocenters. The fraction of sp³-hybridized carbons (Fsp3) is 0.682. The quantitative estimate of drug-likeness (QED) is 0.353. The molecule has 0 saturated carbocycles. The molecule has 3 rings (SSSR count). The number of halogens is 1. The van der Waals surface area contributed by atoms with E-state index in [1.54, 1.807) is 0 Å². The molecule has 0 aromatic heterocycles. The van der Waals surface area contributed by atoms with Crippen molar-refractivity contribution in [1.29, 1.82) is 0 Å². The normalized spacial score (nSPS) is 25.2. The predicted octanol–water partition coefficient (Wildman–Crippen LogP) is 3.62. The highest BCUT2D eigenvalue weighted by Crippen LogP contribution is 2.34. The van der Waals surface area contributed by atoms with E-state index in [1.807, 2.05) is 7.05 Å². The smallest absolute Gasteiger partial charge is 0.193 e. The number of hydrogen-bond acceptors (Lipinski definition) is 3. The molecule has 0 radical (unpaired) electrons. The molecule has 2 aliphatic rings. The van der Waals surface area contributed by atoms with E-state index in [2.05, 4.69) is 64.3 Å². The van der Waals surface area contributed by atoms with Gasteiger partial charge in [-0.2, -0.15) is 0 Å². The van der Waals surface area contributed by atoms with Gasteiger partial charge in [0.2, 0.25) is 0 Å². The lowest BCUT2D eigenvalue weighted by molar-refractivity contribution is 0.0914. The molecule has 158 valence electrons. The molecule has 28 heavy (non-hydrogen) atoms. The van der Waals surface area contributed by atoms with Crippen molar-refractivity contribution < 1.29 is 4.74 Å². The van der Waals surface area contributed by atoms with Gasteiger partial charge in [0.25, 0.3) is 0 Å². The summed E-state index contributed by atoms with van der Waals surface area (Å²) in [7, 11) is 1.90. The highest BCUT2D eigenvalue weighted by molar-refractivity contribution is 14.0. The molecule has 1 aromatic carbocycles. The Kier molecular flexibility index (Phi) is 10.0. The number of likely N-dealkylation sites (tertiary alicyclic amines) is 1. The van der Waals surface area contributed by atoms with Gasteiger partial charge in [0.05, 0.1) is 6.10 Å². The largest absolute Gasteiger partial charge is 0.373 e. The standard InChI is InChI=1S/C22H36N4O.HI/c1-4-25(5-2)16-18-11-13-26(17-18)22(23-3)24-15-20-12-14-27-21(20)19-9-7-6-8-10-19;/h6-10,18,20-21H,4-5,11-17H2,1-3H3,(H,23,24);1H. The topological polar surface area (TPSA) is 40.1 Å². The van der Waals surface area contributed by atoms with E-state index >= 15 is 0 Å². The number of rotatable bonds is 7. The number of nitrogens with one attached hydrogen (secondary N) is 1. The van der Waals surface area contributed by atoms with Crippen LogP contribution in [-0.4, -0.2) is 68.7 Å². The summed E-state index contributed by atoms with van der Waals surface area (Å²) in [5.74, 6) is 2.30. The third kappa shape index (κ3) is 6.07. The lowest BCUT2D eigenvalue weighted by atomic mass is 9.95. The molecule has 2 aliphatic heterocycles. The van der Waals surface area contributed by atoms with Crippen LogP contribution >= 0.6 is 24.0 Å². The summed E-state index contributed by atoms with van der Waals surface area (Å²) in [6, 6.07) is 10.6. The van der Waals surface area contributed by atoms with Gasteiger partial charge in [0.1, 0.15) is 0 Å². The summed E-state index contributed by atoms with van der Waals surface area (Å²) < 4.78 is 6.03. The zero-order valence-corrected chi connectivity index (χ0v) is 20.0. The second kappa shape index (κ2) is 12.0. The SMILES string of the molecule is CCN(CC)CC1CCN(C(=NC)NCC2CCOC2c2ccccc2)C1.I. The number of guanidine groups is 1. The molecule has 1 N–H and O–H groups in total. The van der Waals surface area contributed by atoms with Gasteiger partial charge in [-0.15, -0.1) is 24.0 Å². The number of aliphatic imine (C=N–C) groups is 1. The van der Waals surface area contributed by atoms with Gasteiger partial charge in [-0.05, 0) is 37.4 Å². The van der Waals surface area contributed by atoms with Crippen LogP contribution in [0.5, 0.6) is 0 Å². The molecule has 6 heteroatoms. The average Bonchev–Trinajstić information content (AvgIpc) is 3.37. The maximum absolute atomic E-state index is 6.03. The van der Waals surface area contributed by atoms with Crippen LogP contribution in [0.1, 0.15) is 38.4 Å². The molecular formula is C22H37IN4O. The highest BCUT2D eigenvalue weighted by atomic mass is 127. The molecule has 2 fully saturated rings. The number of nitrogens with zero attached hydrogens (tertiary/aromatic N) is 3. The summed E-state index contributed by atoms with van der Waals surface area (Å²) in [6.45, 7) is 12.0. The maximum Gasteiger partial charge on any atom is 0.193 e. The molecule has 0 spiro atoms. The van der Waals surface area contributed by atoms with Crippen LogP contribution < -0.4 is 5.32 Å². The third-order valence-corrected chi connectivity index (χ3v) is 6.07. The first-order chi connectivity index (χ1) is 13.2. The minimum atomic E-state index is 0. The number of benzene rings is 1. The van der Waals surface area contributed by atoms with Gasteiger partial charge in [0, 0.05) is 45.8 Å². The first kappa shape index (κ1) is 23.4. The Labute approximate surface area is 187 Å². The molecule has 3 unspecified atom stereocenters. The summed E-state index contributed by atoms with van der Waals surface area (Å²) >= 11 is 0. The lowest BCUT2D eigenvalue weighted by Gasteiger charge is -2.26. The van der Waals surface area contributed by atoms with Gasteiger partial charge in [0.15, 0.2) is 5.96 Å². The summed E-state index contributed by atoms with van der Waals surface area (Å²) in [5, 5.41) is 3.64. The van der Waals surface area contributed by atoms with Crippen LogP contribution in [0.4, 0.5) is 0 Å². The first-order valence-electron chi connectivity index (χ1n) is 10.6. The Hall–Kier alpha value is -0.860. The van der Waals surface area contributed by atoms with Gasteiger partial charge in [-0.25, -0.2) is 0 Å². The van der Waals surface area contributed by atoms with Gasteiger partial charge >= 0.3 is 0 Å². The summed E-state index contributed by atoms with van der Waals surface area (Å²) in [4.78, 5) is 9.52. The Morgan fingerprint density at radius 3 is 2.64 bits per heavy atom. The van der Waals surface area contributed by atoms with Crippen LogP contribution in [0.2, 0.25) is 0 Å². The molecule has 0 bridgehead atoms. The van der Waals surface area contributed by atoms with Crippen LogP contribution in [-0.2, 0) is 4.74 Å². The van der Waals surface area contributed by atoms with Crippen molar-refractivity contribution in [2.24, 2.45) is 16.8 Å². The molecule has 0 aliphatic carbocycles. The molecule has 5 nitrogen and oxygen atoms in total. The predicted molar refractivity (Wildman–Crippen MR) is 127 cm³/mol. The Balaban J connectivity index is 0.00000280. The second-order valence-electron chi connectivity index (χ2n) is 7.77. The molecular weight excluding hydrogens is 463 g/mol. The van der Waals surface area contributed by atoms with Gasteiger partial charge in [-0.3, -0.25) is 4.99 Å². The lowest BCUT2D eigenvalue weighted by Crippen LogP contribution is -2.43. The van der Waals surface area contributed by atoms with Crippen molar-refractivity contribution in [2.45, 2.75) is 32.8 Å². The summed E-state index contributed by atoms with van der Waals surface area (Å²) in [5.41, 5.74) is 1.29. The van der Waals surface area contributed by atoms with Gasteiger partial charge in [-0.1, -0.05) is 44.2 Å². The van der Waals surface area contributed by atoms with E-state index in [-0.39, 0.29) is 30.1 Å². The Bertz CT molecular complexity index is 593. The van der Waals surface area contributed by atoms with Crippen LogP contribution in [0.3, 0.4) is 0 Å². The molecule has 2 heterocycles. The minimum absolute atomic E-state index is 0. The van der Waals surface area contributed by atoms with E-state index < -0.39 is 0 Å². The third-order valence-electron chi connectivity index (χ3n) is 6.07. The van der Waals surface area contributed by atoms with Crippen molar-refractivity contribution in [3.05, 3.63) is 35.9 Å². The van der Waals surface area contributed by atoms with Gasteiger partial charge < -0.3 is 19.9 Å². The Morgan fingerprint density at radius 1 is 1.21 bits per heavy atom. The van der Waals surface area contributed by atoms with E-state index in [9.17, 15) is 0 Å². The molecule has 1 aromatic rings. The fourth-order valence-corrected chi connectivity index (χ4v) is 4.43. The van der Waals surface area contributed by atoms with Crippen LogP contribution in [0.15, 0.2) is 35.3 Å². The zero-order valence-electron chi connectivity index (χ0n) is 17.6. The molecule has 2 saturated heterocycles. The van der Waals surface area contributed by atoms with E-state index in [0.717, 1.165) is 57.6 Å². The average molecular weight is 500 g/mol. The number of hydrogen-bond donors (Lipinski definition) is 1. The van der Waals surface area contributed by atoms with Crippen LogP contribution in [0.25, 0.3) is 0 Å². The van der Waals surface area contributed by atoms with E-state index in [0.29, 0.717) is 5.92 Å². The first-order valence-corrected chi connectivity index (χ1v) is 10.6.